The first-order chi connectivity index (χ1) is 14.0. The first kappa shape index (κ1) is 20.1. The fourth-order valence-corrected chi connectivity index (χ4v) is 4.65. The fraction of sp³-hybridized carbons (Fsp3) is 0.522. The number of aromatic nitrogens is 1. The Morgan fingerprint density at radius 3 is 2.34 bits per heavy atom. The van der Waals surface area contributed by atoms with Crippen molar-refractivity contribution >= 4 is 5.82 Å². The van der Waals surface area contributed by atoms with Crippen LogP contribution in [0, 0.1) is 16.2 Å². The highest BCUT2D eigenvalue weighted by Gasteiger charge is 2.32. The molecule has 1 saturated heterocycles. The van der Waals surface area contributed by atoms with E-state index in [4.69, 9.17) is 0 Å². The summed E-state index contributed by atoms with van der Waals surface area (Å²) in [6.07, 6.45) is 6.04. The maximum Gasteiger partial charge on any atom is 0.280 e. The van der Waals surface area contributed by atoms with Crippen LogP contribution in [0.4, 0.5) is 10.2 Å². The van der Waals surface area contributed by atoms with E-state index >= 15 is 0 Å². The molecular formula is C23H30FN3O2. The molecule has 156 valence electrons. The van der Waals surface area contributed by atoms with E-state index in [9.17, 15) is 14.8 Å². The van der Waals surface area contributed by atoms with Crippen LogP contribution in [0.25, 0.3) is 11.1 Å². The molecule has 6 heteroatoms. The zero-order chi connectivity index (χ0) is 20.4. The molecule has 0 unspecified atom stereocenters. The molecule has 0 saturated carbocycles. The maximum atomic E-state index is 13.5. The Bertz CT molecular complexity index is 861. The van der Waals surface area contributed by atoms with Gasteiger partial charge in [0.1, 0.15) is 37.7 Å². The lowest BCUT2D eigenvalue weighted by molar-refractivity contribution is -0.879. The Kier molecular flexibility index (Phi) is 5.74. The van der Waals surface area contributed by atoms with E-state index in [1.165, 1.54) is 18.6 Å². The molecule has 0 amide bonds. The summed E-state index contributed by atoms with van der Waals surface area (Å²) in [6, 6.07) is 8.53. The van der Waals surface area contributed by atoms with Gasteiger partial charge in [-0.2, -0.15) is 0 Å². The van der Waals surface area contributed by atoms with Gasteiger partial charge in [0, 0.05) is 18.1 Å². The second-order valence-electron chi connectivity index (χ2n) is 8.37. The van der Waals surface area contributed by atoms with E-state index in [-0.39, 0.29) is 10.5 Å². The van der Waals surface area contributed by atoms with Gasteiger partial charge in [0.25, 0.3) is 5.82 Å². The smallest absolute Gasteiger partial charge is 0.280 e. The Labute approximate surface area is 172 Å². The van der Waals surface area contributed by atoms with Crippen LogP contribution in [0.5, 0.6) is 0 Å². The minimum Gasteiger partial charge on any atom is -0.710 e. The number of hydrogen-bond acceptors (Lipinski definition) is 3. The van der Waals surface area contributed by atoms with Gasteiger partial charge in [0.15, 0.2) is 0 Å². The highest BCUT2D eigenvalue weighted by atomic mass is 19.1. The van der Waals surface area contributed by atoms with Gasteiger partial charge in [-0.1, -0.05) is 25.0 Å². The van der Waals surface area contributed by atoms with E-state index in [0.717, 1.165) is 59.2 Å². The Morgan fingerprint density at radius 1 is 1.03 bits per heavy atom. The molecule has 5 nitrogen and oxygen atoms in total. The van der Waals surface area contributed by atoms with Crippen molar-refractivity contribution in [3.05, 3.63) is 57.8 Å². The second kappa shape index (κ2) is 8.28. The number of hydroxylamine groups is 3. The molecule has 2 heterocycles. The van der Waals surface area contributed by atoms with Gasteiger partial charge in [-0.25, -0.2) is 14.0 Å². The minimum absolute atomic E-state index is 0.189. The number of nitrogens with zero attached hydrogens (tertiary/aromatic N) is 3. The zero-order valence-corrected chi connectivity index (χ0v) is 17.2. The summed E-state index contributed by atoms with van der Waals surface area (Å²) in [6.45, 7) is 4.66. The Morgan fingerprint density at radius 2 is 1.69 bits per heavy atom. The Hall–Kier alpha value is -2.18. The van der Waals surface area contributed by atoms with Crippen molar-refractivity contribution in [2.24, 2.45) is 0 Å². The zero-order valence-electron chi connectivity index (χ0n) is 17.2. The summed E-state index contributed by atoms with van der Waals surface area (Å²) in [5.41, 5.74) is 3.94. The highest BCUT2D eigenvalue weighted by molar-refractivity contribution is 5.70. The summed E-state index contributed by atoms with van der Waals surface area (Å²) < 4.78 is 14.4. The third-order valence-corrected chi connectivity index (χ3v) is 6.60. The van der Waals surface area contributed by atoms with Crippen molar-refractivity contribution in [3.63, 3.8) is 0 Å². The molecule has 0 spiro atoms. The first-order valence-electron chi connectivity index (χ1n) is 10.9. The third-order valence-electron chi connectivity index (χ3n) is 6.60. The molecule has 1 aliphatic carbocycles. The number of quaternary nitrogens is 1. The van der Waals surface area contributed by atoms with Crippen LogP contribution in [0.1, 0.15) is 43.9 Å². The van der Waals surface area contributed by atoms with E-state index in [1.54, 1.807) is 12.1 Å². The number of halogens is 1. The predicted octanol–water partition coefficient (Wildman–Crippen LogP) is 3.94. The van der Waals surface area contributed by atoms with Crippen molar-refractivity contribution < 1.29 is 13.8 Å². The fourth-order valence-electron chi connectivity index (χ4n) is 4.65. The molecule has 1 fully saturated rings. The van der Waals surface area contributed by atoms with E-state index in [1.807, 2.05) is 13.0 Å². The molecule has 0 atom stereocenters. The number of likely N-dealkylation sites (N-methyl/N-ethyl adjacent to an activating group) is 1. The van der Waals surface area contributed by atoms with Crippen LogP contribution in [0.3, 0.4) is 0 Å². The van der Waals surface area contributed by atoms with Crippen molar-refractivity contribution in [2.75, 3.05) is 37.6 Å². The van der Waals surface area contributed by atoms with Crippen LogP contribution in [0.2, 0.25) is 0 Å². The summed E-state index contributed by atoms with van der Waals surface area (Å²) in [5.74, 6) is 0.373. The van der Waals surface area contributed by atoms with Crippen molar-refractivity contribution in [3.8, 4) is 11.1 Å². The monoisotopic (exact) mass is 399 g/mol. The number of benzene rings is 1. The molecule has 4 rings (SSSR count). The van der Waals surface area contributed by atoms with E-state index < -0.39 is 0 Å². The average molecular weight is 400 g/mol. The number of pyridine rings is 1. The lowest BCUT2D eigenvalue weighted by Crippen LogP contribution is -2.58. The van der Waals surface area contributed by atoms with Crippen molar-refractivity contribution in [2.45, 2.75) is 45.4 Å². The minimum atomic E-state index is -0.258. The quantitative estimate of drug-likeness (QED) is 0.446. The van der Waals surface area contributed by atoms with Gasteiger partial charge >= 0.3 is 0 Å². The van der Waals surface area contributed by atoms with Gasteiger partial charge in [-0.3, -0.25) is 0 Å². The van der Waals surface area contributed by atoms with Crippen LogP contribution >= 0.6 is 0 Å². The van der Waals surface area contributed by atoms with Gasteiger partial charge in [0.05, 0.1) is 6.54 Å². The summed E-state index contributed by atoms with van der Waals surface area (Å²) in [7, 11) is 0. The number of fused-ring (bicyclic) bond motifs is 1. The largest absolute Gasteiger partial charge is 0.710 e. The molecule has 1 aromatic carbocycles. The number of anilines is 1. The normalized spacial score (nSPS) is 19.3. The first-order valence-corrected chi connectivity index (χ1v) is 10.9. The number of hydrogen-bond donors (Lipinski definition) is 0. The van der Waals surface area contributed by atoms with Crippen molar-refractivity contribution in [1.82, 2.24) is 0 Å². The number of rotatable bonds is 3. The molecule has 0 radical (unpaired) electrons. The van der Waals surface area contributed by atoms with Gasteiger partial charge in [-0.05, 0) is 49.4 Å². The maximum absolute atomic E-state index is 13.5. The van der Waals surface area contributed by atoms with Crippen LogP contribution < -0.4 is 9.63 Å². The average Bonchev–Trinajstić information content (AvgIpc) is 2.71. The van der Waals surface area contributed by atoms with E-state index in [2.05, 4.69) is 4.90 Å². The van der Waals surface area contributed by atoms with E-state index in [0.29, 0.717) is 38.5 Å². The molecular weight excluding hydrogens is 369 g/mol. The van der Waals surface area contributed by atoms with Crippen LogP contribution in [-0.2, 0) is 12.8 Å². The van der Waals surface area contributed by atoms with Crippen molar-refractivity contribution in [1.29, 1.82) is 0 Å². The topological polar surface area (TPSA) is 53.2 Å². The molecule has 0 bridgehead atoms. The molecule has 2 aliphatic rings. The molecule has 29 heavy (non-hydrogen) atoms. The standard InChI is InChI=1S/C23H30FN3O2/c1-2-27(29)15-13-25(14-16-27)23-17-21(18-9-11-19(24)12-10-18)20-7-5-3-4-6-8-22(20)26(23)28/h9-12,17H,2-8,13-16H2,1H3. The highest BCUT2D eigenvalue weighted by Crippen LogP contribution is 2.32. The molecule has 1 aromatic heterocycles. The Balaban J connectivity index is 1.78. The van der Waals surface area contributed by atoms with Crippen LogP contribution in [0.15, 0.2) is 30.3 Å². The lowest BCUT2D eigenvalue weighted by Gasteiger charge is -2.45. The predicted molar refractivity (Wildman–Crippen MR) is 113 cm³/mol. The lowest BCUT2D eigenvalue weighted by atomic mass is 9.90. The van der Waals surface area contributed by atoms with Gasteiger partial charge in [0.2, 0.25) is 0 Å². The summed E-state index contributed by atoms with van der Waals surface area (Å²) >= 11 is 0. The van der Waals surface area contributed by atoms with Crippen LogP contribution in [-0.4, -0.2) is 37.4 Å². The summed E-state index contributed by atoms with van der Waals surface area (Å²) in [4.78, 5) is 2.06. The van der Waals surface area contributed by atoms with Gasteiger partial charge < -0.3 is 15.1 Å². The second-order valence-corrected chi connectivity index (χ2v) is 8.37. The number of piperazine rings is 1. The molecule has 1 aliphatic heterocycles. The SMILES string of the molecule is CC[N+]1([O-])CCN(c2cc(-c3ccc(F)cc3)c3c([n+]2[O-])CCCCCC3)CC1. The van der Waals surface area contributed by atoms with Gasteiger partial charge in [-0.15, -0.1) is 0 Å². The summed E-state index contributed by atoms with van der Waals surface area (Å²) in [5, 5.41) is 26.0. The third kappa shape index (κ3) is 4.09. The molecule has 2 aromatic rings. The molecule has 0 N–H and O–H groups in total.